The molecule has 0 amide bonds. The second kappa shape index (κ2) is 5.89. The Kier molecular flexibility index (Phi) is 4.80. The Labute approximate surface area is 98.0 Å². The second-order valence-corrected chi connectivity index (χ2v) is 4.98. The number of ether oxygens (including phenoxy) is 1. The van der Waals surface area contributed by atoms with Gasteiger partial charge in [-0.1, -0.05) is 20.8 Å². The molecule has 92 valence electrons. The summed E-state index contributed by atoms with van der Waals surface area (Å²) in [4.78, 5) is 0. The van der Waals surface area contributed by atoms with E-state index in [1.54, 1.807) is 10.9 Å². The number of rotatable bonds is 7. The molecule has 1 N–H and O–H groups in total. The summed E-state index contributed by atoms with van der Waals surface area (Å²) in [5, 5.41) is 7.48. The number of aryl methyl sites for hydroxylation is 1. The van der Waals surface area contributed by atoms with Crippen LogP contribution < -0.4 is 10.1 Å². The lowest BCUT2D eigenvalue weighted by molar-refractivity contribution is 0.176. The Hall–Kier alpha value is -1.03. The highest BCUT2D eigenvalue weighted by Crippen LogP contribution is 2.17. The highest BCUT2D eigenvalue weighted by atomic mass is 16.5. The van der Waals surface area contributed by atoms with Gasteiger partial charge < -0.3 is 10.1 Å². The summed E-state index contributed by atoms with van der Waals surface area (Å²) in [7, 11) is 1.89. The molecule has 4 nitrogen and oxygen atoms in total. The maximum Gasteiger partial charge on any atom is 0.157 e. The number of hydrogen-bond acceptors (Lipinski definition) is 3. The average Bonchev–Trinajstić information content (AvgIpc) is 2.62. The van der Waals surface area contributed by atoms with Gasteiger partial charge in [-0.05, 0) is 13.0 Å². The quantitative estimate of drug-likeness (QED) is 0.719. The third-order valence-corrected chi connectivity index (χ3v) is 2.34. The summed E-state index contributed by atoms with van der Waals surface area (Å²) >= 11 is 0. The zero-order chi connectivity index (χ0) is 12.0. The van der Waals surface area contributed by atoms with E-state index in [1.807, 2.05) is 13.2 Å². The van der Waals surface area contributed by atoms with Crippen LogP contribution in [0.1, 0.15) is 27.2 Å². The van der Waals surface area contributed by atoms with Crippen LogP contribution in [-0.4, -0.2) is 29.5 Å². The van der Waals surface area contributed by atoms with Crippen LogP contribution in [0.2, 0.25) is 0 Å². The first-order valence-electron chi connectivity index (χ1n) is 5.86. The van der Waals surface area contributed by atoms with Crippen molar-refractivity contribution in [3.05, 3.63) is 12.4 Å². The van der Waals surface area contributed by atoms with Crippen LogP contribution >= 0.6 is 0 Å². The third-order valence-electron chi connectivity index (χ3n) is 2.34. The second-order valence-electron chi connectivity index (χ2n) is 4.98. The molecule has 0 radical (unpaired) electrons. The van der Waals surface area contributed by atoms with Crippen molar-refractivity contribution in [3.63, 3.8) is 0 Å². The van der Waals surface area contributed by atoms with E-state index in [0.29, 0.717) is 6.61 Å². The molecule has 0 unspecified atom stereocenters. The Morgan fingerprint density at radius 1 is 1.50 bits per heavy atom. The van der Waals surface area contributed by atoms with E-state index >= 15 is 0 Å². The smallest absolute Gasteiger partial charge is 0.157 e. The summed E-state index contributed by atoms with van der Waals surface area (Å²) in [5.74, 6) is 0.839. The van der Waals surface area contributed by atoms with E-state index in [4.69, 9.17) is 4.74 Å². The zero-order valence-electron chi connectivity index (χ0n) is 10.8. The molecule has 1 aromatic heterocycles. The number of nitrogens with zero attached hydrogens (tertiary/aromatic N) is 2. The van der Waals surface area contributed by atoms with Crippen LogP contribution in [0.15, 0.2) is 12.4 Å². The lowest BCUT2D eigenvalue weighted by atomic mass is 9.95. The highest BCUT2D eigenvalue weighted by Gasteiger charge is 2.18. The first-order valence-corrected chi connectivity index (χ1v) is 5.86. The molecule has 1 aromatic rings. The van der Waals surface area contributed by atoms with E-state index in [1.165, 1.54) is 6.42 Å². The van der Waals surface area contributed by atoms with Gasteiger partial charge in [0.15, 0.2) is 5.75 Å². The van der Waals surface area contributed by atoms with Crippen LogP contribution in [-0.2, 0) is 7.05 Å². The van der Waals surface area contributed by atoms with Crippen molar-refractivity contribution in [2.24, 2.45) is 12.5 Å². The zero-order valence-corrected chi connectivity index (χ0v) is 10.8. The van der Waals surface area contributed by atoms with Gasteiger partial charge >= 0.3 is 0 Å². The molecule has 0 aromatic carbocycles. The molecule has 4 heteroatoms. The van der Waals surface area contributed by atoms with Gasteiger partial charge in [0, 0.05) is 19.0 Å². The van der Waals surface area contributed by atoms with E-state index < -0.39 is 0 Å². The summed E-state index contributed by atoms with van der Waals surface area (Å²) < 4.78 is 7.45. The Morgan fingerprint density at radius 3 is 2.81 bits per heavy atom. The first-order chi connectivity index (χ1) is 7.53. The predicted molar refractivity (Wildman–Crippen MR) is 65.6 cm³/mol. The predicted octanol–water partition coefficient (Wildman–Crippen LogP) is 1.82. The molecule has 0 bridgehead atoms. The normalized spacial score (nSPS) is 11.8. The van der Waals surface area contributed by atoms with Gasteiger partial charge in [0.25, 0.3) is 0 Å². The van der Waals surface area contributed by atoms with E-state index in [-0.39, 0.29) is 5.41 Å². The molecule has 1 heterocycles. The molecule has 16 heavy (non-hydrogen) atoms. The minimum atomic E-state index is 0.144. The summed E-state index contributed by atoms with van der Waals surface area (Å²) in [6.07, 6.45) is 4.80. The molecule has 0 spiro atoms. The maximum atomic E-state index is 5.70. The largest absolute Gasteiger partial charge is 0.490 e. The van der Waals surface area contributed by atoms with Gasteiger partial charge in [0.05, 0.1) is 19.0 Å². The van der Waals surface area contributed by atoms with Crippen molar-refractivity contribution in [2.75, 3.05) is 19.7 Å². The lowest BCUT2D eigenvalue weighted by Gasteiger charge is -2.24. The number of aromatic nitrogens is 2. The monoisotopic (exact) mass is 225 g/mol. The van der Waals surface area contributed by atoms with Crippen molar-refractivity contribution in [1.82, 2.24) is 15.1 Å². The fourth-order valence-corrected chi connectivity index (χ4v) is 1.41. The molecule has 0 atom stereocenters. The van der Waals surface area contributed by atoms with Gasteiger partial charge in [0.1, 0.15) is 0 Å². The fourth-order valence-electron chi connectivity index (χ4n) is 1.41. The third kappa shape index (κ3) is 4.66. The van der Waals surface area contributed by atoms with E-state index in [0.717, 1.165) is 18.8 Å². The molecule has 0 saturated heterocycles. The molecular formula is C12H23N3O. The van der Waals surface area contributed by atoms with Crippen LogP contribution in [0.3, 0.4) is 0 Å². The number of hydrogen-bond donors (Lipinski definition) is 1. The standard InChI is InChI=1S/C12H23N3O/c1-5-6-13-9-12(2,3)10-16-11-7-14-15(4)8-11/h7-8,13H,5-6,9-10H2,1-4H3. The van der Waals surface area contributed by atoms with Crippen LogP contribution in [0.5, 0.6) is 5.75 Å². The van der Waals surface area contributed by atoms with Crippen LogP contribution in [0.25, 0.3) is 0 Å². The molecule has 0 aliphatic carbocycles. The SMILES string of the molecule is CCCNCC(C)(C)COc1cnn(C)c1. The Morgan fingerprint density at radius 2 is 2.25 bits per heavy atom. The summed E-state index contributed by atoms with van der Waals surface area (Å²) in [6, 6.07) is 0. The van der Waals surface area contributed by atoms with Crippen molar-refractivity contribution < 1.29 is 4.74 Å². The Bertz CT molecular complexity index is 307. The molecular weight excluding hydrogens is 202 g/mol. The van der Waals surface area contributed by atoms with Gasteiger partial charge in [-0.25, -0.2) is 0 Å². The minimum absolute atomic E-state index is 0.144. The van der Waals surface area contributed by atoms with Gasteiger partial charge in [-0.2, -0.15) is 5.10 Å². The van der Waals surface area contributed by atoms with E-state index in [9.17, 15) is 0 Å². The molecule has 1 rings (SSSR count). The first kappa shape index (κ1) is 13.0. The van der Waals surface area contributed by atoms with Crippen molar-refractivity contribution in [2.45, 2.75) is 27.2 Å². The minimum Gasteiger partial charge on any atom is -0.490 e. The lowest BCUT2D eigenvalue weighted by Crippen LogP contribution is -2.34. The number of nitrogens with one attached hydrogen (secondary N) is 1. The molecule has 0 saturated carbocycles. The Balaban J connectivity index is 2.29. The van der Waals surface area contributed by atoms with Crippen molar-refractivity contribution in [3.8, 4) is 5.75 Å². The molecule has 0 aliphatic rings. The van der Waals surface area contributed by atoms with Crippen LogP contribution in [0, 0.1) is 5.41 Å². The van der Waals surface area contributed by atoms with Gasteiger partial charge in [0.2, 0.25) is 0 Å². The van der Waals surface area contributed by atoms with Crippen molar-refractivity contribution >= 4 is 0 Å². The summed E-state index contributed by atoms with van der Waals surface area (Å²) in [5.41, 5.74) is 0.144. The summed E-state index contributed by atoms with van der Waals surface area (Å²) in [6.45, 7) is 9.32. The fraction of sp³-hybridized carbons (Fsp3) is 0.750. The van der Waals surface area contributed by atoms with E-state index in [2.05, 4.69) is 31.2 Å². The average molecular weight is 225 g/mol. The molecule has 0 fully saturated rings. The van der Waals surface area contributed by atoms with Crippen LogP contribution in [0.4, 0.5) is 0 Å². The maximum absolute atomic E-state index is 5.70. The molecule has 0 aliphatic heterocycles. The van der Waals surface area contributed by atoms with Gasteiger partial charge in [-0.3, -0.25) is 4.68 Å². The van der Waals surface area contributed by atoms with Gasteiger partial charge in [-0.15, -0.1) is 0 Å². The highest BCUT2D eigenvalue weighted by molar-refractivity contribution is 5.11. The van der Waals surface area contributed by atoms with Crippen molar-refractivity contribution in [1.29, 1.82) is 0 Å². The topological polar surface area (TPSA) is 39.1 Å².